The largest absolute Gasteiger partial charge is 0.334 e. The third-order valence-electron chi connectivity index (χ3n) is 3.40. The van der Waals surface area contributed by atoms with Gasteiger partial charge in [-0.3, -0.25) is 4.79 Å². The zero-order chi connectivity index (χ0) is 13.1. The van der Waals surface area contributed by atoms with E-state index in [1.54, 1.807) is 0 Å². The van der Waals surface area contributed by atoms with Crippen LogP contribution in [0.4, 0.5) is 5.82 Å². The van der Waals surface area contributed by atoms with Crippen LogP contribution in [0.2, 0.25) is 0 Å². The molecule has 0 saturated carbocycles. The Labute approximate surface area is 107 Å². The molecular weight excluding hydrogens is 230 g/mol. The molecule has 1 fully saturated rings. The topological polar surface area (TPSA) is 84.1 Å². The van der Waals surface area contributed by atoms with Crippen molar-refractivity contribution in [3.63, 3.8) is 0 Å². The van der Waals surface area contributed by atoms with Gasteiger partial charge in [-0.2, -0.15) is 0 Å². The van der Waals surface area contributed by atoms with E-state index < -0.39 is 0 Å². The van der Waals surface area contributed by atoms with Gasteiger partial charge >= 0.3 is 0 Å². The van der Waals surface area contributed by atoms with Crippen LogP contribution < -0.4 is 11.3 Å². The van der Waals surface area contributed by atoms with Gasteiger partial charge in [-0.05, 0) is 25.7 Å². The summed E-state index contributed by atoms with van der Waals surface area (Å²) in [6, 6.07) is 0.266. The van der Waals surface area contributed by atoms with E-state index in [-0.39, 0.29) is 11.9 Å². The molecule has 2 rings (SSSR count). The summed E-state index contributed by atoms with van der Waals surface area (Å²) in [6.45, 7) is 5.03. The first kappa shape index (κ1) is 12.8. The highest BCUT2D eigenvalue weighted by Crippen LogP contribution is 2.22. The van der Waals surface area contributed by atoms with E-state index in [9.17, 15) is 4.79 Å². The van der Waals surface area contributed by atoms with Gasteiger partial charge in [-0.1, -0.05) is 6.92 Å². The zero-order valence-electron chi connectivity index (χ0n) is 10.8. The molecule has 0 spiro atoms. The van der Waals surface area contributed by atoms with E-state index in [1.165, 1.54) is 18.8 Å². The lowest BCUT2D eigenvalue weighted by atomic mass is 9.95. The number of hydrogen-bond acceptors (Lipinski definition) is 5. The number of carbonyl (C=O) groups is 1. The number of hydrazine groups is 1. The maximum Gasteiger partial charge on any atom is 0.274 e. The van der Waals surface area contributed by atoms with E-state index in [2.05, 4.69) is 29.2 Å². The van der Waals surface area contributed by atoms with Crippen LogP contribution in [0.25, 0.3) is 0 Å². The minimum atomic E-state index is -0.0508. The number of amides is 1. The van der Waals surface area contributed by atoms with Gasteiger partial charge < -0.3 is 10.3 Å². The highest BCUT2D eigenvalue weighted by Gasteiger charge is 2.28. The number of piperidine rings is 1. The predicted octanol–water partition coefficient (Wildman–Crippen LogP) is 1.02. The number of rotatable bonds is 2. The van der Waals surface area contributed by atoms with Crippen LogP contribution in [0.15, 0.2) is 12.4 Å². The summed E-state index contributed by atoms with van der Waals surface area (Å²) in [6.07, 6.45) is 5.14. The second-order valence-corrected chi connectivity index (χ2v) is 4.92. The molecule has 1 aliphatic rings. The highest BCUT2D eigenvalue weighted by atomic mass is 16.2. The maximum absolute atomic E-state index is 12.3. The van der Waals surface area contributed by atoms with Gasteiger partial charge in [0.25, 0.3) is 5.91 Å². The first-order chi connectivity index (χ1) is 8.61. The number of likely N-dealkylation sites (tertiary alicyclic amines) is 1. The number of carbonyl (C=O) groups excluding carboxylic acids is 1. The molecular formula is C12H19N5O. The lowest BCUT2D eigenvalue weighted by molar-refractivity contribution is 0.0567. The van der Waals surface area contributed by atoms with Crippen LogP contribution in [0, 0.1) is 5.92 Å². The molecule has 1 amide bonds. The second-order valence-electron chi connectivity index (χ2n) is 4.92. The monoisotopic (exact) mass is 249 g/mol. The van der Waals surface area contributed by atoms with E-state index in [0.29, 0.717) is 17.4 Å². The molecule has 18 heavy (non-hydrogen) atoms. The summed E-state index contributed by atoms with van der Waals surface area (Å²) in [5, 5.41) is 0. The summed E-state index contributed by atoms with van der Waals surface area (Å²) in [7, 11) is 0. The fourth-order valence-electron chi connectivity index (χ4n) is 2.23. The Morgan fingerprint density at radius 3 is 2.78 bits per heavy atom. The van der Waals surface area contributed by atoms with Crippen molar-refractivity contribution >= 4 is 11.7 Å². The van der Waals surface area contributed by atoms with E-state index in [4.69, 9.17) is 5.84 Å². The summed E-state index contributed by atoms with van der Waals surface area (Å²) in [5.74, 6) is 6.16. The normalized spacial score (nSPS) is 23.8. The number of nitrogens with one attached hydrogen (secondary N) is 1. The molecule has 0 aliphatic carbocycles. The fourth-order valence-corrected chi connectivity index (χ4v) is 2.23. The van der Waals surface area contributed by atoms with Crippen molar-refractivity contribution in [3.05, 3.63) is 18.1 Å². The molecule has 1 aliphatic heterocycles. The third-order valence-corrected chi connectivity index (χ3v) is 3.40. The van der Waals surface area contributed by atoms with Crippen molar-refractivity contribution in [3.8, 4) is 0 Å². The van der Waals surface area contributed by atoms with Crippen molar-refractivity contribution in [2.24, 2.45) is 11.8 Å². The number of nitrogens with zero attached hydrogens (tertiary/aromatic N) is 3. The van der Waals surface area contributed by atoms with Crippen molar-refractivity contribution in [1.29, 1.82) is 0 Å². The maximum atomic E-state index is 12.3. The Bertz CT molecular complexity index is 419. The zero-order valence-corrected chi connectivity index (χ0v) is 10.8. The fraction of sp³-hybridized carbons (Fsp3) is 0.583. The van der Waals surface area contributed by atoms with Gasteiger partial charge in [-0.15, -0.1) is 0 Å². The Balaban J connectivity index is 2.13. The number of nitrogens with two attached hydrogens (primary N) is 1. The Hall–Kier alpha value is -1.69. The van der Waals surface area contributed by atoms with Crippen molar-refractivity contribution in [1.82, 2.24) is 14.9 Å². The number of hydrogen-bond donors (Lipinski definition) is 2. The highest BCUT2D eigenvalue weighted by molar-refractivity contribution is 5.92. The Morgan fingerprint density at radius 2 is 2.17 bits per heavy atom. The molecule has 0 aromatic carbocycles. The summed E-state index contributed by atoms with van der Waals surface area (Å²) >= 11 is 0. The minimum absolute atomic E-state index is 0.0508. The van der Waals surface area contributed by atoms with Crippen LogP contribution >= 0.6 is 0 Å². The van der Waals surface area contributed by atoms with Gasteiger partial charge in [0.2, 0.25) is 0 Å². The van der Waals surface area contributed by atoms with Crippen LogP contribution in [0.5, 0.6) is 0 Å². The van der Waals surface area contributed by atoms with Crippen molar-refractivity contribution < 1.29 is 4.79 Å². The molecule has 1 aromatic rings. The van der Waals surface area contributed by atoms with Crippen molar-refractivity contribution in [2.75, 3.05) is 12.0 Å². The quantitative estimate of drug-likeness (QED) is 0.604. The molecule has 6 heteroatoms. The molecule has 6 nitrogen and oxygen atoms in total. The van der Waals surface area contributed by atoms with Crippen LogP contribution in [0.1, 0.15) is 37.2 Å². The molecule has 3 N–H and O–H groups in total. The lowest BCUT2D eigenvalue weighted by Crippen LogP contribution is -2.45. The van der Waals surface area contributed by atoms with E-state index >= 15 is 0 Å². The first-order valence-electron chi connectivity index (χ1n) is 6.21. The van der Waals surface area contributed by atoms with Crippen molar-refractivity contribution in [2.45, 2.75) is 32.7 Å². The SMILES string of the molecule is CC1CCC(C)N(C(=O)c2cnc(NN)cn2)C1. The van der Waals surface area contributed by atoms with Gasteiger partial charge in [0.05, 0.1) is 12.4 Å². The van der Waals surface area contributed by atoms with Gasteiger partial charge in [0.1, 0.15) is 5.69 Å². The molecule has 1 aromatic heterocycles. The number of anilines is 1. The number of aromatic nitrogens is 2. The van der Waals surface area contributed by atoms with Crippen LogP contribution in [0.3, 0.4) is 0 Å². The van der Waals surface area contributed by atoms with E-state index in [0.717, 1.165) is 13.0 Å². The molecule has 1 saturated heterocycles. The standard InChI is InChI=1S/C12H19N5O/c1-8-3-4-9(2)17(7-8)12(18)10-5-15-11(16-13)6-14-10/h5-6,8-9H,3-4,7,13H2,1-2H3,(H,15,16). The molecule has 2 atom stereocenters. The average Bonchev–Trinajstić information content (AvgIpc) is 2.41. The third kappa shape index (κ3) is 2.59. The predicted molar refractivity (Wildman–Crippen MR) is 68.7 cm³/mol. The Morgan fingerprint density at radius 1 is 1.39 bits per heavy atom. The van der Waals surface area contributed by atoms with E-state index in [1.807, 2.05) is 4.90 Å². The number of nitrogen functional groups attached to an aromatic ring is 1. The van der Waals surface area contributed by atoms with Gasteiger partial charge in [0, 0.05) is 12.6 Å². The molecule has 0 radical (unpaired) electrons. The van der Waals surface area contributed by atoms with Gasteiger partial charge in [-0.25, -0.2) is 15.8 Å². The molecule has 2 unspecified atom stereocenters. The summed E-state index contributed by atoms with van der Waals surface area (Å²) in [5.41, 5.74) is 2.76. The first-order valence-corrected chi connectivity index (χ1v) is 6.21. The average molecular weight is 249 g/mol. The van der Waals surface area contributed by atoms with Crippen LogP contribution in [-0.2, 0) is 0 Å². The molecule has 0 bridgehead atoms. The smallest absolute Gasteiger partial charge is 0.274 e. The van der Waals surface area contributed by atoms with Crippen LogP contribution in [-0.4, -0.2) is 33.4 Å². The summed E-state index contributed by atoms with van der Waals surface area (Å²) < 4.78 is 0. The Kier molecular flexibility index (Phi) is 3.76. The lowest BCUT2D eigenvalue weighted by Gasteiger charge is -2.36. The van der Waals surface area contributed by atoms with Gasteiger partial charge in [0.15, 0.2) is 5.82 Å². The minimum Gasteiger partial charge on any atom is -0.334 e. The molecule has 98 valence electrons. The summed E-state index contributed by atoms with van der Waals surface area (Å²) in [4.78, 5) is 22.3. The molecule has 2 heterocycles. The second kappa shape index (κ2) is 5.30.